The van der Waals surface area contributed by atoms with E-state index in [1.54, 1.807) is 0 Å². The quantitative estimate of drug-likeness (QED) is 0.520. The van der Waals surface area contributed by atoms with Gasteiger partial charge in [-0.25, -0.2) is 10.2 Å². The lowest BCUT2D eigenvalue weighted by atomic mass is 10.5. The number of ether oxygens (including phenoxy) is 1. The van der Waals surface area contributed by atoms with Gasteiger partial charge in [0.05, 0.1) is 6.61 Å². The molecule has 0 unspecified atom stereocenters. The van der Waals surface area contributed by atoms with Crippen LogP contribution in [0.15, 0.2) is 0 Å². The fraction of sp³-hybridized carbons (Fsp3) is 0.750. The Balaban J connectivity index is 2.99. The van der Waals surface area contributed by atoms with E-state index in [-0.39, 0.29) is 0 Å². The maximum Gasteiger partial charge on any atom is 0.424 e. The Hall–Kier alpha value is -0.770. The van der Waals surface area contributed by atoms with Gasteiger partial charge < -0.3 is 4.74 Å². The summed E-state index contributed by atoms with van der Waals surface area (Å²) < 4.78 is 4.34. The normalized spacial score (nSPS) is 8.25. The lowest BCUT2D eigenvalue weighted by molar-refractivity contribution is 0.145. The van der Waals surface area contributed by atoms with Crippen LogP contribution >= 0.6 is 0 Å². The van der Waals surface area contributed by atoms with Crippen LogP contribution in [-0.2, 0) is 4.74 Å². The van der Waals surface area contributed by atoms with Crippen LogP contribution in [0.1, 0.15) is 13.3 Å². The first-order valence-electron chi connectivity index (χ1n) is 2.38. The third-order valence-electron chi connectivity index (χ3n) is 0.529. The van der Waals surface area contributed by atoms with Gasteiger partial charge >= 0.3 is 6.09 Å². The molecule has 0 aliphatic rings. The number of hydrogen-bond donors (Lipinski definition) is 1. The van der Waals surface area contributed by atoms with E-state index in [0.29, 0.717) is 6.61 Å². The summed E-state index contributed by atoms with van der Waals surface area (Å²) in [5.41, 5.74) is 1.34. The Morgan fingerprint density at radius 2 is 2.50 bits per heavy atom. The fourth-order valence-corrected chi connectivity index (χ4v) is 0.227. The number of nitrogens with zero attached hydrogens (tertiary/aromatic N) is 1. The maximum atomic E-state index is 9.99. The molecule has 4 heteroatoms. The van der Waals surface area contributed by atoms with Crippen LogP contribution in [-0.4, -0.2) is 12.7 Å². The van der Waals surface area contributed by atoms with Gasteiger partial charge in [-0.2, -0.15) is 0 Å². The van der Waals surface area contributed by atoms with Gasteiger partial charge in [0, 0.05) is 0 Å². The molecule has 0 saturated carbocycles. The molecule has 0 aliphatic carbocycles. The summed E-state index contributed by atoms with van der Waals surface area (Å²) in [6.45, 7) is 2.21. The SMILES string of the molecule is CCCOC(=O)N[N]. The highest BCUT2D eigenvalue weighted by Crippen LogP contribution is 1.78. The van der Waals surface area contributed by atoms with E-state index in [4.69, 9.17) is 5.84 Å². The Kier molecular flexibility index (Phi) is 3.97. The van der Waals surface area contributed by atoms with E-state index in [2.05, 4.69) is 4.74 Å². The van der Waals surface area contributed by atoms with E-state index in [9.17, 15) is 4.79 Å². The lowest BCUT2D eigenvalue weighted by Crippen LogP contribution is -2.21. The second-order valence-electron chi connectivity index (χ2n) is 1.25. The van der Waals surface area contributed by atoms with Crippen LogP contribution < -0.4 is 11.3 Å². The van der Waals surface area contributed by atoms with Crippen molar-refractivity contribution in [3.05, 3.63) is 0 Å². The molecule has 0 spiro atoms. The third kappa shape index (κ3) is 3.42. The van der Waals surface area contributed by atoms with Gasteiger partial charge in [-0.1, -0.05) is 6.92 Å². The third-order valence-corrected chi connectivity index (χ3v) is 0.529. The average molecular weight is 116 g/mol. The Morgan fingerprint density at radius 1 is 1.88 bits per heavy atom. The van der Waals surface area contributed by atoms with Crippen molar-refractivity contribution in [3.8, 4) is 0 Å². The largest absolute Gasteiger partial charge is 0.449 e. The highest BCUT2D eigenvalue weighted by atomic mass is 16.5. The molecular weight excluding hydrogens is 108 g/mol. The molecule has 0 fully saturated rings. The van der Waals surface area contributed by atoms with Crippen molar-refractivity contribution in [2.24, 2.45) is 0 Å². The van der Waals surface area contributed by atoms with Gasteiger partial charge in [-0.15, -0.1) is 0 Å². The van der Waals surface area contributed by atoms with Gasteiger partial charge in [0.15, 0.2) is 0 Å². The van der Waals surface area contributed by atoms with E-state index >= 15 is 0 Å². The summed E-state index contributed by atoms with van der Waals surface area (Å²) in [5.74, 6) is 7.84. The summed E-state index contributed by atoms with van der Waals surface area (Å²) in [4.78, 5) is 9.99. The molecule has 0 aliphatic heterocycles. The molecule has 0 aromatic heterocycles. The van der Waals surface area contributed by atoms with Gasteiger partial charge in [0.25, 0.3) is 0 Å². The minimum absolute atomic E-state index is 0.340. The molecule has 0 heterocycles. The lowest BCUT2D eigenvalue weighted by Gasteiger charge is -1.96. The highest BCUT2D eigenvalue weighted by Gasteiger charge is 1.93. The molecule has 1 N–H and O–H groups in total. The summed E-state index contributed by atoms with van der Waals surface area (Å²) in [6.07, 6.45) is -0.0419. The smallest absolute Gasteiger partial charge is 0.424 e. The first-order valence-corrected chi connectivity index (χ1v) is 2.38. The molecule has 0 aromatic rings. The van der Waals surface area contributed by atoms with Gasteiger partial charge in [0.2, 0.25) is 0 Å². The minimum atomic E-state index is -0.799. The molecule has 0 rings (SSSR count). The average Bonchev–Trinajstić information content (AvgIpc) is 1.83. The number of rotatable bonds is 2. The molecule has 1 amide bonds. The molecule has 46 valence electrons. The van der Waals surface area contributed by atoms with Crippen molar-refractivity contribution >= 4 is 6.09 Å². The van der Waals surface area contributed by atoms with Gasteiger partial charge in [-0.05, 0) is 12.3 Å². The predicted molar refractivity (Wildman–Crippen MR) is 26.9 cm³/mol. The first kappa shape index (κ1) is 7.23. The number of carbonyl (C=O) groups excluding carboxylic acids is 1. The zero-order chi connectivity index (χ0) is 6.41. The number of amides is 1. The zero-order valence-corrected chi connectivity index (χ0v) is 4.68. The standard InChI is InChI=1S/C4H8N2O2/c1-2-3-8-4(7)6-5/h2-3H2,1H3,(H,6,7). The highest BCUT2D eigenvalue weighted by molar-refractivity contribution is 5.66. The van der Waals surface area contributed by atoms with Crippen LogP contribution in [0, 0.1) is 0 Å². The minimum Gasteiger partial charge on any atom is -0.449 e. The Bertz CT molecular complexity index is 74.4. The van der Waals surface area contributed by atoms with Crippen molar-refractivity contribution in [1.82, 2.24) is 11.3 Å². The van der Waals surface area contributed by atoms with Crippen molar-refractivity contribution in [2.75, 3.05) is 6.61 Å². The summed E-state index contributed by atoms with van der Waals surface area (Å²) in [5, 5.41) is 0. The molecule has 8 heavy (non-hydrogen) atoms. The Labute approximate surface area is 48.0 Å². The van der Waals surface area contributed by atoms with Crippen molar-refractivity contribution in [3.63, 3.8) is 0 Å². The van der Waals surface area contributed by atoms with E-state index in [1.807, 2.05) is 6.92 Å². The van der Waals surface area contributed by atoms with Crippen molar-refractivity contribution < 1.29 is 9.53 Å². The van der Waals surface area contributed by atoms with Crippen LogP contribution in [0.4, 0.5) is 4.79 Å². The van der Waals surface area contributed by atoms with E-state index in [0.717, 1.165) is 6.42 Å². The molecule has 4 nitrogen and oxygen atoms in total. The molecule has 0 atom stereocenters. The number of hydrogen-bond acceptors (Lipinski definition) is 2. The molecule has 2 radical (unpaired) electrons. The predicted octanol–water partition coefficient (Wildman–Crippen LogP) is 0.106. The van der Waals surface area contributed by atoms with Crippen LogP contribution in [0.25, 0.3) is 0 Å². The van der Waals surface area contributed by atoms with Gasteiger partial charge in [-0.3, -0.25) is 0 Å². The van der Waals surface area contributed by atoms with Crippen LogP contribution in [0.2, 0.25) is 0 Å². The maximum absolute atomic E-state index is 9.99. The molecule has 0 bridgehead atoms. The summed E-state index contributed by atoms with van der Waals surface area (Å²) in [6, 6.07) is 0. The zero-order valence-electron chi connectivity index (χ0n) is 4.68. The molecule has 0 aromatic carbocycles. The second kappa shape index (κ2) is 4.39. The van der Waals surface area contributed by atoms with E-state index in [1.165, 1.54) is 5.43 Å². The fourth-order valence-electron chi connectivity index (χ4n) is 0.227. The second-order valence-corrected chi connectivity index (χ2v) is 1.25. The number of carbonyl (C=O) groups is 1. The topological polar surface area (TPSA) is 60.6 Å². The summed E-state index contributed by atoms with van der Waals surface area (Å²) in [7, 11) is 0. The molecular formula is C4H8N2O2. The van der Waals surface area contributed by atoms with E-state index < -0.39 is 6.09 Å². The van der Waals surface area contributed by atoms with Crippen molar-refractivity contribution in [2.45, 2.75) is 13.3 Å². The summed E-state index contributed by atoms with van der Waals surface area (Å²) >= 11 is 0. The number of nitrogens with one attached hydrogen (secondary N) is 1. The van der Waals surface area contributed by atoms with Crippen molar-refractivity contribution in [1.29, 1.82) is 0 Å². The van der Waals surface area contributed by atoms with Crippen LogP contribution in [0.3, 0.4) is 0 Å². The first-order chi connectivity index (χ1) is 3.81. The monoisotopic (exact) mass is 116 g/mol. The van der Waals surface area contributed by atoms with Gasteiger partial charge in [0.1, 0.15) is 0 Å². The molecule has 0 saturated heterocycles. The van der Waals surface area contributed by atoms with Crippen LogP contribution in [0.5, 0.6) is 0 Å². The Morgan fingerprint density at radius 3 is 2.88 bits per heavy atom.